The van der Waals surface area contributed by atoms with E-state index in [-0.39, 0.29) is 41.0 Å². The maximum Gasteiger partial charge on any atom is 0.221 e. The third kappa shape index (κ3) is 4.86. The molecule has 1 N–H and O–H groups in total. The Labute approximate surface area is 199 Å². The molecule has 2 unspecified atom stereocenters. The number of nitrogens with one attached hydrogen (secondary N) is 1. The molecule has 1 aliphatic rings. The van der Waals surface area contributed by atoms with Crippen molar-refractivity contribution in [2.24, 2.45) is 5.92 Å². The first-order chi connectivity index (χ1) is 15.7. The van der Waals surface area contributed by atoms with Gasteiger partial charge >= 0.3 is 0 Å². The number of halogens is 2. The van der Waals surface area contributed by atoms with Gasteiger partial charge in [-0.1, -0.05) is 11.6 Å². The average Bonchev–Trinajstić information content (AvgIpc) is 3.35. The van der Waals surface area contributed by atoms with Crippen molar-refractivity contribution in [3.05, 3.63) is 68.5 Å². The minimum Gasteiger partial charge on any atom is -0.351 e. The van der Waals surface area contributed by atoms with Gasteiger partial charge in [0.2, 0.25) is 5.91 Å². The molecular weight excluding hydrogens is 465 g/mol. The van der Waals surface area contributed by atoms with Crippen LogP contribution in [0.2, 0.25) is 5.02 Å². The van der Waals surface area contributed by atoms with Gasteiger partial charge < -0.3 is 5.32 Å². The standard InChI is InChI=1S/C24H21ClFN3O3S/c1-12-3-14(23-18(26)7-16(25)8-29-23)4-13(2)21(12)22-19(30)5-15(24(22)32)6-20(31)28-10-17-9-27-11-33-17/h3-4,7-9,11,15,22H,5-6,10H2,1-2H3,(H,28,31). The third-order valence-electron chi connectivity index (χ3n) is 5.80. The number of carbonyl (C=O) groups excluding carboxylic acids is 3. The summed E-state index contributed by atoms with van der Waals surface area (Å²) >= 11 is 7.23. The van der Waals surface area contributed by atoms with Crippen LogP contribution in [-0.4, -0.2) is 27.4 Å². The van der Waals surface area contributed by atoms with Gasteiger partial charge in [0.05, 0.1) is 17.1 Å². The highest BCUT2D eigenvalue weighted by atomic mass is 35.5. The third-order valence-corrected chi connectivity index (χ3v) is 6.78. The maximum atomic E-state index is 14.4. The van der Waals surface area contributed by atoms with E-state index < -0.39 is 17.7 Å². The zero-order chi connectivity index (χ0) is 23.7. The Kier molecular flexibility index (Phi) is 6.67. The molecule has 0 saturated heterocycles. The van der Waals surface area contributed by atoms with Crippen LogP contribution in [0.1, 0.15) is 40.3 Å². The molecule has 1 aliphatic carbocycles. The molecule has 170 valence electrons. The van der Waals surface area contributed by atoms with Gasteiger partial charge in [-0.2, -0.15) is 0 Å². The monoisotopic (exact) mass is 485 g/mol. The highest BCUT2D eigenvalue weighted by Crippen LogP contribution is 2.38. The fourth-order valence-electron chi connectivity index (χ4n) is 4.34. The molecule has 4 rings (SSSR count). The summed E-state index contributed by atoms with van der Waals surface area (Å²) in [5.41, 5.74) is 4.39. The van der Waals surface area contributed by atoms with E-state index in [2.05, 4.69) is 15.3 Å². The van der Waals surface area contributed by atoms with Crippen LogP contribution >= 0.6 is 22.9 Å². The molecule has 9 heteroatoms. The molecule has 3 aromatic rings. The van der Waals surface area contributed by atoms with Crippen LogP contribution in [0.15, 0.2) is 36.1 Å². The normalized spacial score (nSPS) is 18.1. The molecule has 1 amide bonds. The topological polar surface area (TPSA) is 89.0 Å². The van der Waals surface area contributed by atoms with Gasteiger partial charge in [-0.15, -0.1) is 11.3 Å². The summed E-state index contributed by atoms with van der Waals surface area (Å²) in [5.74, 6) is -2.84. The number of rotatable bonds is 6. The van der Waals surface area contributed by atoms with E-state index in [4.69, 9.17) is 11.6 Å². The van der Waals surface area contributed by atoms with Crippen molar-refractivity contribution >= 4 is 40.4 Å². The van der Waals surface area contributed by atoms with Crippen LogP contribution in [0, 0.1) is 25.6 Å². The number of ketones is 2. The first kappa shape index (κ1) is 23.2. The highest BCUT2D eigenvalue weighted by molar-refractivity contribution is 7.09. The zero-order valence-corrected chi connectivity index (χ0v) is 19.6. The van der Waals surface area contributed by atoms with Crippen LogP contribution in [0.25, 0.3) is 11.3 Å². The lowest BCUT2D eigenvalue weighted by molar-refractivity contribution is -0.128. The number of amides is 1. The summed E-state index contributed by atoms with van der Waals surface area (Å²) in [5, 5.41) is 2.98. The van der Waals surface area contributed by atoms with Crippen LogP contribution in [0.5, 0.6) is 0 Å². The van der Waals surface area contributed by atoms with E-state index in [0.717, 1.165) is 4.88 Å². The van der Waals surface area contributed by atoms with Crippen molar-refractivity contribution in [3.63, 3.8) is 0 Å². The van der Waals surface area contributed by atoms with Gasteiger partial charge in [-0.05, 0) is 48.7 Å². The molecule has 1 saturated carbocycles. The van der Waals surface area contributed by atoms with Gasteiger partial charge in [-0.3, -0.25) is 24.4 Å². The van der Waals surface area contributed by atoms with Gasteiger partial charge in [-0.25, -0.2) is 4.39 Å². The number of nitrogens with zero attached hydrogens (tertiary/aromatic N) is 2. The van der Waals surface area contributed by atoms with Crippen molar-refractivity contribution in [1.82, 2.24) is 15.3 Å². The van der Waals surface area contributed by atoms with Gasteiger partial charge in [0, 0.05) is 41.6 Å². The summed E-state index contributed by atoms with van der Waals surface area (Å²) in [6.45, 7) is 3.92. The average molecular weight is 486 g/mol. The van der Waals surface area contributed by atoms with Crippen LogP contribution in [-0.2, 0) is 20.9 Å². The zero-order valence-electron chi connectivity index (χ0n) is 18.0. The second kappa shape index (κ2) is 9.49. The smallest absolute Gasteiger partial charge is 0.221 e. The summed E-state index contributed by atoms with van der Waals surface area (Å²) in [7, 11) is 0. The number of hydrogen-bond acceptors (Lipinski definition) is 6. The molecule has 2 atom stereocenters. The van der Waals surface area contributed by atoms with Crippen molar-refractivity contribution in [2.45, 2.75) is 39.2 Å². The number of carbonyl (C=O) groups is 3. The molecule has 1 fully saturated rings. The van der Waals surface area contributed by atoms with Crippen molar-refractivity contribution in [3.8, 4) is 11.3 Å². The van der Waals surface area contributed by atoms with Crippen molar-refractivity contribution in [1.29, 1.82) is 0 Å². The van der Waals surface area contributed by atoms with Crippen LogP contribution in [0.4, 0.5) is 4.39 Å². The van der Waals surface area contributed by atoms with E-state index in [1.165, 1.54) is 23.6 Å². The maximum absolute atomic E-state index is 14.4. The molecule has 2 aromatic heterocycles. The number of pyridine rings is 1. The molecule has 6 nitrogen and oxygen atoms in total. The molecule has 33 heavy (non-hydrogen) atoms. The van der Waals surface area contributed by atoms with E-state index in [0.29, 0.717) is 28.8 Å². The number of Topliss-reactive ketones (excluding diaryl/α,β-unsaturated/α-hetero) is 2. The Morgan fingerprint density at radius 3 is 2.58 bits per heavy atom. The quantitative estimate of drug-likeness (QED) is 0.517. The van der Waals surface area contributed by atoms with E-state index in [1.807, 2.05) is 0 Å². The second-order valence-corrected chi connectivity index (χ2v) is 9.57. The van der Waals surface area contributed by atoms with Gasteiger partial charge in [0.1, 0.15) is 17.4 Å². The fraction of sp³-hybridized carbons (Fsp3) is 0.292. The Balaban J connectivity index is 1.53. The molecule has 1 aromatic carbocycles. The number of thiazole rings is 1. The lowest BCUT2D eigenvalue weighted by Gasteiger charge is -2.17. The molecule has 0 bridgehead atoms. The first-order valence-electron chi connectivity index (χ1n) is 10.4. The SMILES string of the molecule is Cc1cc(-c2ncc(Cl)cc2F)cc(C)c1C1C(=O)CC(CC(=O)NCc2cncs2)C1=O. The Morgan fingerprint density at radius 2 is 1.94 bits per heavy atom. The van der Waals surface area contributed by atoms with Crippen molar-refractivity contribution in [2.75, 3.05) is 0 Å². The summed E-state index contributed by atoms with van der Waals surface area (Å²) < 4.78 is 14.4. The highest BCUT2D eigenvalue weighted by Gasteiger charge is 2.43. The molecule has 2 heterocycles. The van der Waals surface area contributed by atoms with Crippen molar-refractivity contribution < 1.29 is 18.8 Å². The molecule has 0 spiro atoms. The van der Waals surface area contributed by atoms with E-state index >= 15 is 0 Å². The second-order valence-electron chi connectivity index (χ2n) is 8.16. The summed E-state index contributed by atoms with van der Waals surface area (Å²) in [4.78, 5) is 47.3. The molecule has 0 aliphatic heterocycles. The lowest BCUT2D eigenvalue weighted by Crippen LogP contribution is -2.27. The number of aryl methyl sites for hydroxylation is 2. The summed E-state index contributed by atoms with van der Waals surface area (Å²) in [6, 6.07) is 4.63. The predicted octanol–water partition coefficient (Wildman–Crippen LogP) is 4.56. The predicted molar refractivity (Wildman–Crippen MR) is 124 cm³/mol. The van der Waals surface area contributed by atoms with Gasteiger partial charge in [0.25, 0.3) is 0 Å². The van der Waals surface area contributed by atoms with Gasteiger partial charge in [0.15, 0.2) is 11.6 Å². The van der Waals surface area contributed by atoms with E-state index in [9.17, 15) is 18.8 Å². The fourth-order valence-corrected chi connectivity index (χ4v) is 5.02. The van der Waals surface area contributed by atoms with E-state index in [1.54, 1.807) is 37.7 Å². The number of aromatic nitrogens is 2. The first-order valence-corrected chi connectivity index (χ1v) is 11.6. The lowest BCUT2D eigenvalue weighted by atomic mass is 9.85. The Hall–Kier alpha value is -2.97. The molecule has 0 radical (unpaired) electrons. The minimum atomic E-state index is -0.915. The van der Waals surface area contributed by atoms with Crippen LogP contribution < -0.4 is 5.32 Å². The molecular formula is C24H21ClFN3O3S. The number of hydrogen-bond donors (Lipinski definition) is 1. The minimum absolute atomic E-state index is 0.0318. The Bertz CT molecular complexity index is 1220. The summed E-state index contributed by atoms with van der Waals surface area (Å²) in [6.07, 6.45) is 3.04. The largest absolute Gasteiger partial charge is 0.351 e. The van der Waals surface area contributed by atoms with Crippen LogP contribution in [0.3, 0.4) is 0 Å². The number of benzene rings is 1. The Morgan fingerprint density at radius 1 is 1.21 bits per heavy atom.